The first kappa shape index (κ1) is 15.4. The van der Waals surface area contributed by atoms with Gasteiger partial charge in [-0.3, -0.25) is 0 Å². The second-order valence-corrected chi connectivity index (χ2v) is 5.12. The first-order valence-corrected chi connectivity index (χ1v) is 6.84. The number of methoxy groups -OCH3 is 1. The van der Waals surface area contributed by atoms with Gasteiger partial charge in [0.15, 0.2) is 11.5 Å². The number of nitrogens with two attached hydrogens (primary N) is 1. The summed E-state index contributed by atoms with van der Waals surface area (Å²) in [5.74, 6) is 1.20. The Morgan fingerprint density at radius 3 is 2.43 bits per heavy atom. The third-order valence-corrected chi connectivity index (χ3v) is 3.37. The Bertz CT molecular complexity index is 582. The molecule has 0 aromatic heterocycles. The molecular formula is C17H21NO3. The maximum Gasteiger partial charge on any atom is 0.161 e. The normalized spacial score (nSPS) is 13.5. The fourth-order valence-corrected chi connectivity index (χ4v) is 2.06. The zero-order valence-corrected chi connectivity index (χ0v) is 12.4. The zero-order valence-electron chi connectivity index (χ0n) is 12.4. The lowest BCUT2D eigenvalue weighted by molar-refractivity contribution is 0.00685. The molecule has 0 bridgehead atoms. The Labute approximate surface area is 125 Å². The van der Waals surface area contributed by atoms with Gasteiger partial charge < -0.3 is 20.3 Å². The maximum absolute atomic E-state index is 10.5. The van der Waals surface area contributed by atoms with E-state index in [1.807, 2.05) is 48.5 Å². The molecule has 4 heteroatoms. The van der Waals surface area contributed by atoms with Gasteiger partial charge in [0.25, 0.3) is 0 Å². The van der Waals surface area contributed by atoms with Crippen LogP contribution in [-0.4, -0.2) is 18.8 Å². The predicted molar refractivity (Wildman–Crippen MR) is 82.4 cm³/mol. The van der Waals surface area contributed by atoms with E-state index in [0.29, 0.717) is 18.0 Å². The predicted octanol–water partition coefficient (Wildman–Crippen LogP) is 2.44. The molecule has 0 saturated carbocycles. The summed E-state index contributed by atoms with van der Waals surface area (Å²) in [4.78, 5) is 0. The van der Waals surface area contributed by atoms with Crippen LogP contribution in [0.25, 0.3) is 0 Å². The Balaban J connectivity index is 2.12. The van der Waals surface area contributed by atoms with Gasteiger partial charge in [0.05, 0.1) is 7.11 Å². The van der Waals surface area contributed by atoms with Crippen molar-refractivity contribution >= 4 is 0 Å². The molecule has 3 N–H and O–H groups in total. The topological polar surface area (TPSA) is 64.7 Å². The first-order chi connectivity index (χ1) is 10.1. The van der Waals surface area contributed by atoms with E-state index in [1.54, 1.807) is 14.0 Å². The molecule has 0 saturated heterocycles. The number of benzene rings is 2. The highest BCUT2D eigenvalue weighted by atomic mass is 16.5. The van der Waals surface area contributed by atoms with Crippen LogP contribution >= 0.6 is 0 Å². The van der Waals surface area contributed by atoms with E-state index in [9.17, 15) is 5.11 Å². The number of hydrogen-bond acceptors (Lipinski definition) is 4. The highest BCUT2D eigenvalue weighted by Crippen LogP contribution is 2.30. The average Bonchev–Trinajstić information content (AvgIpc) is 2.53. The van der Waals surface area contributed by atoms with Crippen LogP contribution in [0.1, 0.15) is 18.1 Å². The second kappa shape index (κ2) is 6.61. The molecule has 0 heterocycles. The first-order valence-electron chi connectivity index (χ1n) is 6.84. The molecule has 0 aliphatic rings. The molecule has 0 fully saturated rings. The van der Waals surface area contributed by atoms with Crippen LogP contribution in [0.3, 0.4) is 0 Å². The molecule has 0 amide bonds. The van der Waals surface area contributed by atoms with Gasteiger partial charge in [-0.25, -0.2) is 0 Å². The largest absolute Gasteiger partial charge is 0.493 e. The van der Waals surface area contributed by atoms with Crippen molar-refractivity contribution in [2.45, 2.75) is 19.1 Å². The minimum atomic E-state index is -1.07. The van der Waals surface area contributed by atoms with Gasteiger partial charge in [0, 0.05) is 6.54 Å². The van der Waals surface area contributed by atoms with E-state index in [1.165, 1.54) is 0 Å². The molecule has 2 aromatic rings. The number of rotatable bonds is 6. The summed E-state index contributed by atoms with van der Waals surface area (Å²) in [6.45, 7) is 2.30. The molecule has 1 unspecified atom stereocenters. The molecule has 112 valence electrons. The highest BCUT2D eigenvalue weighted by molar-refractivity contribution is 5.43. The van der Waals surface area contributed by atoms with E-state index in [-0.39, 0.29) is 6.61 Å². The Morgan fingerprint density at radius 1 is 1.10 bits per heavy atom. The lowest BCUT2D eigenvalue weighted by Gasteiger charge is -2.24. The van der Waals surface area contributed by atoms with Crippen molar-refractivity contribution in [1.29, 1.82) is 0 Å². The van der Waals surface area contributed by atoms with E-state index in [0.717, 1.165) is 11.1 Å². The summed E-state index contributed by atoms with van der Waals surface area (Å²) < 4.78 is 11.0. The van der Waals surface area contributed by atoms with Crippen molar-refractivity contribution in [2.24, 2.45) is 5.73 Å². The standard InChI is InChI=1S/C17H21NO3/c1-17(19,14-6-4-3-5-7-14)12-21-15-9-8-13(11-18)10-16(15)20-2/h3-10,19H,11-12,18H2,1-2H3. The van der Waals surface area contributed by atoms with Crippen molar-refractivity contribution < 1.29 is 14.6 Å². The van der Waals surface area contributed by atoms with Crippen LogP contribution in [0.2, 0.25) is 0 Å². The molecular weight excluding hydrogens is 266 g/mol. The lowest BCUT2D eigenvalue weighted by Crippen LogP contribution is -2.29. The maximum atomic E-state index is 10.5. The number of hydrogen-bond donors (Lipinski definition) is 2. The van der Waals surface area contributed by atoms with Crippen LogP contribution in [0, 0.1) is 0 Å². The van der Waals surface area contributed by atoms with Crippen molar-refractivity contribution in [3.63, 3.8) is 0 Å². The van der Waals surface area contributed by atoms with E-state index >= 15 is 0 Å². The second-order valence-electron chi connectivity index (χ2n) is 5.12. The van der Waals surface area contributed by atoms with E-state index in [2.05, 4.69) is 0 Å². The van der Waals surface area contributed by atoms with Crippen molar-refractivity contribution in [1.82, 2.24) is 0 Å². The molecule has 0 aliphatic heterocycles. The summed E-state index contributed by atoms with van der Waals surface area (Å²) in [6.07, 6.45) is 0. The number of ether oxygens (including phenoxy) is 2. The van der Waals surface area contributed by atoms with Crippen molar-refractivity contribution in [3.05, 3.63) is 59.7 Å². The Hall–Kier alpha value is -2.04. The van der Waals surface area contributed by atoms with Gasteiger partial charge in [-0.2, -0.15) is 0 Å². The Morgan fingerprint density at radius 2 is 1.81 bits per heavy atom. The SMILES string of the molecule is COc1cc(CN)ccc1OCC(C)(O)c1ccccc1. The van der Waals surface area contributed by atoms with Gasteiger partial charge in [0.2, 0.25) is 0 Å². The monoisotopic (exact) mass is 287 g/mol. The van der Waals surface area contributed by atoms with Crippen molar-refractivity contribution in [2.75, 3.05) is 13.7 Å². The van der Waals surface area contributed by atoms with Crippen LogP contribution in [0.15, 0.2) is 48.5 Å². The van der Waals surface area contributed by atoms with Gasteiger partial charge in [0.1, 0.15) is 12.2 Å². The van der Waals surface area contributed by atoms with Crippen LogP contribution in [0.4, 0.5) is 0 Å². The van der Waals surface area contributed by atoms with E-state index in [4.69, 9.17) is 15.2 Å². The summed E-state index contributed by atoms with van der Waals surface area (Å²) in [5, 5.41) is 10.5. The van der Waals surface area contributed by atoms with Crippen LogP contribution in [-0.2, 0) is 12.1 Å². The molecule has 0 spiro atoms. The summed E-state index contributed by atoms with van der Waals surface area (Å²) in [5.41, 5.74) is 6.31. The average molecular weight is 287 g/mol. The molecule has 2 rings (SSSR count). The van der Waals surface area contributed by atoms with E-state index < -0.39 is 5.60 Å². The smallest absolute Gasteiger partial charge is 0.161 e. The molecule has 21 heavy (non-hydrogen) atoms. The Kier molecular flexibility index (Phi) is 4.83. The van der Waals surface area contributed by atoms with Crippen molar-refractivity contribution in [3.8, 4) is 11.5 Å². The van der Waals surface area contributed by atoms with Gasteiger partial charge in [-0.1, -0.05) is 36.4 Å². The fourth-order valence-electron chi connectivity index (χ4n) is 2.06. The van der Waals surface area contributed by atoms with Gasteiger partial charge in [-0.05, 0) is 30.2 Å². The fraction of sp³-hybridized carbons (Fsp3) is 0.294. The quantitative estimate of drug-likeness (QED) is 0.856. The summed E-state index contributed by atoms with van der Waals surface area (Å²) >= 11 is 0. The summed E-state index contributed by atoms with van der Waals surface area (Å²) in [7, 11) is 1.58. The van der Waals surface area contributed by atoms with Crippen LogP contribution < -0.4 is 15.2 Å². The van der Waals surface area contributed by atoms with Crippen LogP contribution in [0.5, 0.6) is 11.5 Å². The number of aliphatic hydroxyl groups is 1. The lowest BCUT2D eigenvalue weighted by atomic mass is 9.97. The third kappa shape index (κ3) is 3.74. The molecule has 4 nitrogen and oxygen atoms in total. The minimum absolute atomic E-state index is 0.134. The molecule has 1 atom stereocenters. The minimum Gasteiger partial charge on any atom is -0.493 e. The summed E-state index contributed by atoms with van der Waals surface area (Å²) in [6, 6.07) is 15.0. The molecule has 2 aromatic carbocycles. The third-order valence-electron chi connectivity index (χ3n) is 3.37. The molecule has 0 aliphatic carbocycles. The van der Waals surface area contributed by atoms with Gasteiger partial charge >= 0.3 is 0 Å². The molecule has 0 radical (unpaired) electrons. The highest BCUT2D eigenvalue weighted by Gasteiger charge is 2.24. The van der Waals surface area contributed by atoms with Gasteiger partial charge in [-0.15, -0.1) is 0 Å². The zero-order chi connectivity index (χ0) is 15.3.